The van der Waals surface area contributed by atoms with Crippen molar-refractivity contribution in [3.05, 3.63) is 29.3 Å². The molecule has 2 rings (SSSR count). The van der Waals surface area contributed by atoms with Gasteiger partial charge in [0, 0.05) is 18.4 Å². The van der Waals surface area contributed by atoms with Crippen LogP contribution in [0.15, 0.2) is 18.2 Å². The highest BCUT2D eigenvalue weighted by Gasteiger charge is 2.35. The summed E-state index contributed by atoms with van der Waals surface area (Å²) in [6.45, 7) is 0. The summed E-state index contributed by atoms with van der Waals surface area (Å²) in [4.78, 5) is 23.8. The lowest BCUT2D eigenvalue weighted by Gasteiger charge is -2.19. The molecule has 1 aliphatic rings. The molecule has 1 fully saturated rings. The summed E-state index contributed by atoms with van der Waals surface area (Å²) in [5.41, 5.74) is 4.32. The Labute approximate surface area is 117 Å². The predicted molar refractivity (Wildman–Crippen MR) is 69.1 cm³/mol. The largest absolute Gasteiger partial charge is 0.416 e. The van der Waals surface area contributed by atoms with Crippen LogP contribution in [-0.2, 0) is 15.8 Å². The molecule has 106 valence electrons. The first-order chi connectivity index (χ1) is 9.21. The molecule has 0 atom stereocenters. The Hall–Kier alpha value is -1.96. The van der Waals surface area contributed by atoms with E-state index in [9.17, 15) is 22.8 Å². The number of carbonyl (C=O) groups excluding carboxylic acids is 2. The quantitative estimate of drug-likeness (QED) is 0.670. The maximum absolute atomic E-state index is 12.7. The van der Waals surface area contributed by atoms with Crippen LogP contribution in [0.2, 0.25) is 0 Å². The first-order valence-corrected chi connectivity index (χ1v) is 5.99. The number of imide groups is 1. The molecule has 0 radical (unpaired) electrons. The van der Waals surface area contributed by atoms with E-state index in [2.05, 4.69) is 0 Å². The Morgan fingerprint density at radius 1 is 1.20 bits per heavy atom. The van der Waals surface area contributed by atoms with Crippen molar-refractivity contribution in [1.82, 2.24) is 0 Å². The standard InChI is InChI=1S/C12H9F3N2O2S/c13-12(14,15)6-1-2-8(7(5-6)11(16)20)17-9(18)3-4-10(17)19/h1-2,5H,3-4H2,(H2,16,20). The number of anilines is 1. The minimum absolute atomic E-state index is 0.00185. The van der Waals surface area contributed by atoms with Gasteiger partial charge in [-0.15, -0.1) is 0 Å². The van der Waals surface area contributed by atoms with E-state index in [1.807, 2.05) is 0 Å². The van der Waals surface area contributed by atoms with Gasteiger partial charge in [0.05, 0.1) is 11.3 Å². The minimum atomic E-state index is -4.56. The van der Waals surface area contributed by atoms with Gasteiger partial charge >= 0.3 is 6.18 Å². The van der Waals surface area contributed by atoms with Gasteiger partial charge in [0.15, 0.2) is 0 Å². The summed E-state index contributed by atoms with van der Waals surface area (Å²) in [7, 11) is 0. The number of rotatable bonds is 2. The molecule has 1 aliphatic heterocycles. The van der Waals surface area contributed by atoms with E-state index in [0.717, 1.165) is 23.1 Å². The summed E-state index contributed by atoms with van der Waals surface area (Å²) in [5.74, 6) is -0.959. The van der Waals surface area contributed by atoms with Crippen LogP contribution in [0.5, 0.6) is 0 Å². The smallest absolute Gasteiger partial charge is 0.389 e. The third-order valence-corrected chi connectivity index (χ3v) is 3.10. The van der Waals surface area contributed by atoms with Crippen molar-refractivity contribution in [3.63, 3.8) is 0 Å². The number of hydrogen-bond acceptors (Lipinski definition) is 3. The molecule has 0 bridgehead atoms. The second-order valence-electron chi connectivity index (χ2n) is 4.22. The Kier molecular flexibility index (Phi) is 3.51. The number of carbonyl (C=O) groups is 2. The molecule has 8 heteroatoms. The summed E-state index contributed by atoms with van der Waals surface area (Å²) in [6.07, 6.45) is -4.51. The van der Waals surface area contributed by atoms with Crippen LogP contribution in [0.3, 0.4) is 0 Å². The van der Waals surface area contributed by atoms with Gasteiger partial charge in [-0.2, -0.15) is 13.2 Å². The average molecular weight is 302 g/mol. The first-order valence-electron chi connectivity index (χ1n) is 5.58. The second kappa shape index (κ2) is 4.86. The molecule has 2 amide bonds. The van der Waals surface area contributed by atoms with Gasteiger partial charge in [-0.1, -0.05) is 12.2 Å². The molecule has 4 nitrogen and oxygen atoms in total. The Morgan fingerprint density at radius 2 is 1.75 bits per heavy atom. The molecule has 1 aromatic rings. The molecular weight excluding hydrogens is 293 g/mol. The molecule has 2 N–H and O–H groups in total. The third kappa shape index (κ3) is 2.51. The number of alkyl halides is 3. The summed E-state index contributed by atoms with van der Waals surface area (Å²) in [5, 5.41) is 0. The molecule has 0 saturated carbocycles. The maximum Gasteiger partial charge on any atom is 0.416 e. The number of halogens is 3. The average Bonchev–Trinajstić information content (AvgIpc) is 2.67. The molecule has 1 heterocycles. The zero-order valence-corrected chi connectivity index (χ0v) is 10.8. The maximum atomic E-state index is 12.7. The highest BCUT2D eigenvalue weighted by molar-refractivity contribution is 7.80. The predicted octanol–water partition coefficient (Wildman–Crippen LogP) is 1.99. The van der Waals surface area contributed by atoms with E-state index in [1.54, 1.807) is 0 Å². The van der Waals surface area contributed by atoms with Gasteiger partial charge in [0.1, 0.15) is 4.99 Å². The lowest BCUT2D eigenvalue weighted by Crippen LogP contribution is -2.31. The number of benzene rings is 1. The van der Waals surface area contributed by atoms with Crippen LogP contribution in [-0.4, -0.2) is 16.8 Å². The number of amides is 2. The van der Waals surface area contributed by atoms with Crippen molar-refractivity contribution < 1.29 is 22.8 Å². The Morgan fingerprint density at radius 3 is 2.20 bits per heavy atom. The van der Waals surface area contributed by atoms with Crippen LogP contribution in [0.25, 0.3) is 0 Å². The van der Waals surface area contributed by atoms with Crippen LogP contribution >= 0.6 is 12.2 Å². The molecule has 0 aromatic heterocycles. The van der Waals surface area contributed by atoms with Gasteiger partial charge in [0.25, 0.3) is 0 Å². The fraction of sp³-hybridized carbons (Fsp3) is 0.250. The third-order valence-electron chi connectivity index (χ3n) is 2.88. The lowest BCUT2D eigenvalue weighted by molar-refractivity contribution is -0.137. The van der Waals surface area contributed by atoms with Gasteiger partial charge < -0.3 is 5.73 Å². The van der Waals surface area contributed by atoms with Gasteiger partial charge in [-0.25, -0.2) is 4.90 Å². The normalized spacial score (nSPS) is 15.8. The Balaban J connectivity index is 2.57. The molecular formula is C12H9F3N2O2S. The lowest BCUT2D eigenvalue weighted by atomic mass is 10.1. The van der Waals surface area contributed by atoms with Crippen molar-refractivity contribution in [3.8, 4) is 0 Å². The zero-order chi connectivity index (χ0) is 15.1. The van der Waals surface area contributed by atoms with Crippen LogP contribution in [0.1, 0.15) is 24.0 Å². The summed E-state index contributed by atoms with van der Waals surface area (Å²) < 4.78 is 38.0. The van der Waals surface area contributed by atoms with Crippen molar-refractivity contribution in [1.29, 1.82) is 0 Å². The number of hydrogen-bond donors (Lipinski definition) is 1. The highest BCUT2D eigenvalue weighted by atomic mass is 32.1. The van der Waals surface area contributed by atoms with E-state index in [-0.39, 0.29) is 29.1 Å². The number of thiocarbonyl (C=S) groups is 1. The number of nitrogens with two attached hydrogens (primary N) is 1. The van der Waals surface area contributed by atoms with E-state index in [4.69, 9.17) is 18.0 Å². The zero-order valence-electron chi connectivity index (χ0n) is 10.0. The van der Waals surface area contributed by atoms with Gasteiger partial charge in [0.2, 0.25) is 11.8 Å². The van der Waals surface area contributed by atoms with E-state index < -0.39 is 23.6 Å². The fourth-order valence-electron chi connectivity index (χ4n) is 1.95. The molecule has 20 heavy (non-hydrogen) atoms. The molecule has 0 spiro atoms. The first kappa shape index (κ1) is 14.4. The topological polar surface area (TPSA) is 63.4 Å². The second-order valence-corrected chi connectivity index (χ2v) is 4.66. The minimum Gasteiger partial charge on any atom is -0.389 e. The van der Waals surface area contributed by atoms with Crippen molar-refractivity contribution >= 4 is 34.7 Å². The Bertz CT molecular complexity index is 597. The molecule has 1 saturated heterocycles. The van der Waals surface area contributed by atoms with Crippen molar-refractivity contribution in [2.75, 3.05) is 4.90 Å². The van der Waals surface area contributed by atoms with Crippen LogP contribution in [0, 0.1) is 0 Å². The SMILES string of the molecule is NC(=S)c1cc(C(F)(F)F)ccc1N1C(=O)CCC1=O. The van der Waals surface area contributed by atoms with E-state index in [1.165, 1.54) is 0 Å². The molecule has 1 aromatic carbocycles. The highest BCUT2D eigenvalue weighted by Crippen LogP contribution is 2.34. The summed E-state index contributed by atoms with van der Waals surface area (Å²) in [6, 6.07) is 2.57. The van der Waals surface area contributed by atoms with Crippen molar-refractivity contribution in [2.45, 2.75) is 19.0 Å². The molecule has 0 unspecified atom stereocenters. The van der Waals surface area contributed by atoms with Crippen molar-refractivity contribution in [2.24, 2.45) is 5.73 Å². The van der Waals surface area contributed by atoms with E-state index in [0.29, 0.717) is 0 Å². The monoisotopic (exact) mass is 302 g/mol. The molecule has 0 aliphatic carbocycles. The number of nitrogens with zero attached hydrogens (tertiary/aromatic N) is 1. The van der Waals surface area contributed by atoms with Gasteiger partial charge in [-0.3, -0.25) is 9.59 Å². The fourth-order valence-corrected chi connectivity index (χ4v) is 2.11. The van der Waals surface area contributed by atoms with Crippen LogP contribution < -0.4 is 10.6 Å². The summed E-state index contributed by atoms with van der Waals surface area (Å²) >= 11 is 4.71. The van der Waals surface area contributed by atoms with E-state index >= 15 is 0 Å². The van der Waals surface area contributed by atoms with Crippen LogP contribution in [0.4, 0.5) is 18.9 Å². The van der Waals surface area contributed by atoms with Gasteiger partial charge in [-0.05, 0) is 18.2 Å².